The largest absolute Gasteiger partial charge is 0.444 e. The van der Waals surface area contributed by atoms with Crippen LogP contribution in [0.1, 0.15) is 45.0 Å². The second-order valence-electron chi connectivity index (χ2n) is 10.2. The molecule has 0 fully saturated rings. The molecule has 0 aliphatic carbocycles. The first kappa shape index (κ1) is 24.3. The van der Waals surface area contributed by atoms with Crippen LogP contribution in [0.4, 0.5) is 4.79 Å². The molecule has 0 aliphatic rings. The molecule has 5 nitrogen and oxygen atoms in total. The molecule has 2 aromatic carbocycles. The normalized spacial score (nSPS) is 12.6. The Morgan fingerprint density at radius 3 is 2.33 bits per heavy atom. The molecule has 0 saturated heterocycles. The molecular weight excluding hydrogens is 428 g/mol. The molecule has 0 aliphatic heterocycles. The van der Waals surface area contributed by atoms with Crippen molar-refractivity contribution < 1.29 is 9.53 Å². The molecule has 3 aromatic rings. The van der Waals surface area contributed by atoms with Crippen molar-refractivity contribution in [3.05, 3.63) is 76.2 Å². The second kappa shape index (κ2) is 9.28. The predicted molar refractivity (Wildman–Crippen MR) is 138 cm³/mol. The van der Waals surface area contributed by atoms with E-state index >= 15 is 0 Å². The SMILES string of the molecule is CC(NC(=O)OC(C)(C)C)c1cc2cccc(C#C[Si](C)(C)C)c2c(=O)n1-c1ccccc1. The molecule has 1 unspecified atom stereocenters. The molecule has 1 aromatic heterocycles. The number of carbonyl (C=O) groups excluding carboxylic acids is 1. The highest BCUT2D eigenvalue weighted by Crippen LogP contribution is 2.23. The van der Waals surface area contributed by atoms with Gasteiger partial charge in [0, 0.05) is 16.9 Å². The summed E-state index contributed by atoms with van der Waals surface area (Å²) in [7, 11) is -1.62. The van der Waals surface area contributed by atoms with Gasteiger partial charge in [0.25, 0.3) is 5.56 Å². The predicted octanol–water partition coefficient (Wildman–Crippen LogP) is 5.81. The lowest BCUT2D eigenvalue weighted by atomic mass is 10.0. The zero-order chi connectivity index (χ0) is 24.4. The summed E-state index contributed by atoms with van der Waals surface area (Å²) in [6, 6.07) is 16.7. The minimum absolute atomic E-state index is 0.160. The van der Waals surface area contributed by atoms with Crippen LogP contribution in [-0.4, -0.2) is 24.3 Å². The molecular formula is C27H32N2O3Si. The third kappa shape index (κ3) is 6.14. The van der Waals surface area contributed by atoms with Gasteiger partial charge in [-0.25, -0.2) is 4.79 Å². The van der Waals surface area contributed by atoms with E-state index in [0.717, 1.165) is 16.6 Å². The van der Waals surface area contributed by atoms with Gasteiger partial charge in [-0.1, -0.05) is 55.9 Å². The second-order valence-corrected chi connectivity index (χ2v) is 14.9. The Hall–Kier alpha value is -3.30. The molecule has 1 N–H and O–H groups in total. The molecule has 1 atom stereocenters. The Morgan fingerprint density at radius 2 is 1.73 bits per heavy atom. The first-order valence-corrected chi connectivity index (χ1v) is 14.6. The van der Waals surface area contributed by atoms with Crippen LogP contribution in [0, 0.1) is 11.5 Å². The molecule has 0 radical (unpaired) electrons. The van der Waals surface area contributed by atoms with Crippen LogP contribution in [0.25, 0.3) is 16.5 Å². The number of aromatic nitrogens is 1. The van der Waals surface area contributed by atoms with E-state index in [9.17, 15) is 9.59 Å². The summed E-state index contributed by atoms with van der Waals surface area (Å²) in [4.78, 5) is 26.3. The molecule has 172 valence electrons. The van der Waals surface area contributed by atoms with Crippen LogP contribution >= 0.6 is 0 Å². The Labute approximate surface area is 196 Å². The average molecular weight is 461 g/mol. The lowest BCUT2D eigenvalue weighted by Crippen LogP contribution is -2.36. The number of ether oxygens (including phenoxy) is 1. The Bertz CT molecular complexity index is 1290. The van der Waals surface area contributed by atoms with Crippen molar-refractivity contribution in [1.29, 1.82) is 0 Å². The van der Waals surface area contributed by atoms with Crippen LogP contribution in [0.2, 0.25) is 19.6 Å². The van der Waals surface area contributed by atoms with Crippen LogP contribution in [0.3, 0.4) is 0 Å². The Morgan fingerprint density at radius 1 is 1.06 bits per heavy atom. The van der Waals surface area contributed by atoms with Crippen LogP contribution in [0.15, 0.2) is 59.4 Å². The monoisotopic (exact) mass is 460 g/mol. The van der Waals surface area contributed by atoms with Gasteiger partial charge in [-0.05, 0) is 57.3 Å². The number of hydrogen-bond donors (Lipinski definition) is 1. The van der Waals surface area contributed by atoms with Gasteiger partial charge in [-0.2, -0.15) is 0 Å². The smallest absolute Gasteiger partial charge is 0.408 e. The van der Waals surface area contributed by atoms with Crippen LogP contribution < -0.4 is 10.9 Å². The number of carbonyl (C=O) groups is 1. The number of rotatable bonds is 3. The van der Waals surface area contributed by atoms with Crippen molar-refractivity contribution in [2.75, 3.05) is 0 Å². The first-order chi connectivity index (χ1) is 15.4. The molecule has 0 spiro atoms. The first-order valence-electron chi connectivity index (χ1n) is 11.1. The lowest BCUT2D eigenvalue weighted by molar-refractivity contribution is 0.0506. The number of fused-ring (bicyclic) bond motifs is 1. The fourth-order valence-corrected chi connectivity index (χ4v) is 3.97. The van der Waals surface area contributed by atoms with E-state index in [0.29, 0.717) is 11.1 Å². The highest BCUT2D eigenvalue weighted by molar-refractivity contribution is 6.83. The number of nitrogens with one attached hydrogen (secondary N) is 1. The van der Waals surface area contributed by atoms with Gasteiger partial charge in [0.2, 0.25) is 0 Å². The summed E-state index contributed by atoms with van der Waals surface area (Å²) in [6.45, 7) is 13.8. The summed E-state index contributed by atoms with van der Waals surface area (Å²) in [6.07, 6.45) is -0.531. The summed E-state index contributed by atoms with van der Waals surface area (Å²) in [5.74, 6) is 3.26. The fourth-order valence-electron chi connectivity index (χ4n) is 3.46. The van der Waals surface area contributed by atoms with Gasteiger partial charge in [0.15, 0.2) is 0 Å². The van der Waals surface area contributed by atoms with E-state index < -0.39 is 25.8 Å². The molecule has 0 bridgehead atoms. The highest BCUT2D eigenvalue weighted by Gasteiger charge is 2.22. The third-order valence-electron chi connectivity index (χ3n) is 4.84. The van der Waals surface area contributed by atoms with Gasteiger partial charge in [0.1, 0.15) is 13.7 Å². The number of benzene rings is 2. The topological polar surface area (TPSA) is 60.3 Å². The zero-order valence-corrected chi connectivity index (χ0v) is 21.4. The van der Waals surface area contributed by atoms with Gasteiger partial charge in [0.05, 0.1) is 11.4 Å². The highest BCUT2D eigenvalue weighted by atomic mass is 28.3. The van der Waals surface area contributed by atoms with Gasteiger partial charge >= 0.3 is 6.09 Å². The van der Waals surface area contributed by atoms with Gasteiger partial charge in [-0.3, -0.25) is 9.36 Å². The van der Waals surface area contributed by atoms with Crippen molar-refractivity contribution in [3.8, 4) is 17.2 Å². The maximum Gasteiger partial charge on any atom is 0.408 e. The van der Waals surface area contributed by atoms with E-state index in [4.69, 9.17) is 4.74 Å². The zero-order valence-electron chi connectivity index (χ0n) is 20.4. The maximum atomic E-state index is 13.9. The molecule has 3 rings (SSSR count). The van der Waals surface area contributed by atoms with Gasteiger partial charge < -0.3 is 10.1 Å². The van der Waals surface area contributed by atoms with E-state index in [2.05, 4.69) is 36.4 Å². The third-order valence-corrected chi connectivity index (χ3v) is 5.71. The van der Waals surface area contributed by atoms with E-state index in [1.807, 2.05) is 82.3 Å². The summed E-state index contributed by atoms with van der Waals surface area (Å²) in [5.41, 5.74) is 4.71. The maximum absolute atomic E-state index is 13.9. The lowest BCUT2D eigenvalue weighted by Gasteiger charge is -2.24. The number of para-hydroxylation sites is 1. The summed E-state index contributed by atoms with van der Waals surface area (Å²) >= 11 is 0. The number of amides is 1. The number of pyridine rings is 1. The fraction of sp³-hybridized carbons (Fsp3) is 0.333. The summed E-state index contributed by atoms with van der Waals surface area (Å²) < 4.78 is 7.08. The molecule has 6 heteroatoms. The minimum Gasteiger partial charge on any atom is -0.444 e. The van der Waals surface area contributed by atoms with E-state index in [1.54, 1.807) is 4.57 Å². The number of alkyl carbamates (subject to hydrolysis) is 1. The van der Waals surface area contributed by atoms with Crippen molar-refractivity contribution in [2.24, 2.45) is 0 Å². The van der Waals surface area contributed by atoms with Crippen molar-refractivity contribution in [1.82, 2.24) is 9.88 Å². The standard InChI is InChI=1S/C27H32N2O3Si/c1-19(28-26(31)32-27(2,3)4)23-18-21-13-11-12-20(16-17-33(5,6)7)24(21)25(30)29(23)22-14-9-8-10-15-22/h8-15,18-19H,1-7H3,(H,28,31). The molecule has 33 heavy (non-hydrogen) atoms. The van der Waals surface area contributed by atoms with E-state index in [-0.39, 0.29) is 5.56 Å². The van der Waals surface area contributed by atoms with Crippen LogP contribution in [-0.2, 0) is 4.74 Å². The quantitative estimate of drug-likeness (QED) is 0.397. The number of hydrogen-bond acceptors (Lipinski definition) is 3. The summed E-state index contributed by atoms with van der Waals surface area (Å²) in [5, 5.41) is 4.25. The van der Waals surface area contributed by atoms with Crippen molar-refractivity contribution >= 4 is 24.9 Å². The van der Waals surface area contributed by atoms with Gasteiger partial charge in [-0.15, -0.1) is 5.54 Å². The number of nitrogens with zero attached hydrogens (tertiary/aromatic N) is 1. The van der Waals surface area contributed by atoms with Crippen LogP contribution in [0.5, 0.6) is 0 Å². The minimum atomic E-state index is -1.62. The Balaban J connectivity index is 2.23. The van der Waals surface area contributed by atoms with Crippen molar-refractivity contribution in [2.45, 2.75) is 59.0 Å². The average Bonchev–Trinajstić information content (AvgIpc) is 2.70. The molecule has 1 amide bonds. The molecule has 0 saturated carbocycles. The molecule has 1 heterocycles. The Kier molecular flexibility index (Phi) is 6.85. The van der Waals surface area contributed by atoms with E-state index in [1.165, 1.54) is 0 Å². The van der Waals surface area contributed by atoms with Crippen molar-refractivity contribution in [3.63, 3.8) is 0 Å².